The zero-order valence-corrected chi connectivity index (χ0v) is 17.0. The summed E-state index contributed by atoms with van der Waals surface area (Å²) in [6, 6.07) is 6.87. The van der Waals surface area contributed by atoms with E-state index in [0.717, 1.165) is 42.9 Å². The molecule has 3 N–H and O–H groups in total. The molecule has 0 aromatic heterocycles. The van der Waals surface area contributed by atoms with Gasteiger partial charge in [-0.1, -0.05) is 12.1 Å². The highest BCUT2D eigenvalue weighted by atomic mass is 127. The molecular weight excluding hydrogens is 440 g/mol. The third-order valence-electron chi connectivity index (χ3n) is 4.78. The standard InChI is InChI=1S/C17H24FN3OS.HI/c1-19-15(21-11-17(22)7-8-23-12-17)20-10-16(5-6-16)13-3-2-4-14(18)9-13;/h2-4,9,22H,5-8,10-12H2,1H3,(H2,19,20,21);1H. The lowest BCUT2D eigenvalue weighted by Gasteiger charge is -2.24. The van der Waals surface area contributed by atoms with Crippen molar-refractivity contribution < 1.29 is 9.50 Å². The molecule has 0 radical (unpaired) electrons. The fourth-order valence-corrected chi connectivity index (χ4v) is 4.29. The predicted molar refractivity (Wildman–Crippen MR) is 109 cm³/mol. The van der Waals surface area contributed by atoms with Crippen molar-refractivity contribution in [3.05, 3.63) is 35.6 Å². The minimum Gasteiger partial charge on any atom is -0.387 e. The van der Waals surface area contributed by atoms with Gasteiger partial charge in [-0.05, 0) is 42.7 Å². The number of rotatable bonds is 5. The Hall–Kier alpha value is -0.540. The van der Waals surface area contributed by atoms with Crippen molar-refractivity contribution in [2.24, 2.45) is 4.99 Å². The van der Waals surface area contributed by atoms with Gasteiger partial charge in [-0.2, -0.15) is 11.8 Å². The van der Waals surface area contributed by atoms with Gasteiger partial charge in [-0.15, -0.1) is 24.0 Å². The van der Waals surface area contributed by atoms with E-state index < -0.39 is 5.60 Å². The van der Waals surface area contributed by atoms with Gasteiger partial charge in [0.05, 0.1) is 5.60 Å². The van der Waals surface area contributed by atoms with E-state index in [1.165, 1.54) is 6.07 Å². The van der Waals surface area contributed by atoms with Gasteiger partial charge in [0.2, 0.25) is 0 Å². The molecular formula is C17H25FIN3OS. The van der Waals surface area contributed by atoms with Crippen LogP contribution in [0, 0.1) is 5.82 Å². The van der Waals surface area contributed by atoms with Crippen LogP contribution in [0.3, 0.4) is 0 Å². The van der Waals surface area contributed by atoms with Gasteiger partial charge in [0, 0.05) is 31.3 Å². The number of guanidine groups is 1. The van der Waals surface area contributed by atoms with E-state index in [1.54, 1.807) is 30.9 Å². The summed E-state index contributed by atoms with van der Waals surface area (Å²) in [6.07, 6.45) is 2.93. The molecule has 1 aromatic carbocycles. The molecule has 1 heterocycles. The summed E-state index contributed by atoms with van der Waals surface area (Å²) in [6.45, 7) is 1.23. The third-order valence-corrected chi connectivity index (χ3v) is 6.01. The number of thioether (sulfide) groups is 1. The van der Waals surface area contributed by atoms with E-state index in [-0.39, 0.29) is 35.2 Å². The average molecular weight is 465 g/mol. The van der Waals surface area contributed by atoms with E-state index in [1.807, 2.05) is 6.07 Å². The number of aliphatic hydroxyl groups is 1. The summed E-state index contributed by atoms with van der Waals surface area (Å²) < 4.78 is 13.4. The zero-order chi connectivity index (χ0) is 16.3. The monoisotopic (exact) mass is 465 g/mol. The van der Waals surface area contributed by atoms with Crippen LogP contribution < -0.4 is 10.6 Å². The first-order valence-corrected chi connectivity index (χ1v) is 9.22. The number of nitrogens with zero attached hydrogens (tertiary/aromatic N) is 1. The molecule has 1 atom stereocenters. The Kier molecular flexibility index (Phi) is 6.78. The van der Waals surface area contributed by atoms with Crippen molar-refractivity contribution >= 4 is 41.7 Å². The third kappa shape index (κ3) is 4.76. The lowest BCUT2D eigenvalue weighted by Crippen LogP contribution is -2.48. The second-order valence-corrected chi connectivity index (χ2v) is 7.70. The molecule has 134 valence electrons. The summed E-state index contributed by atoms with van der Waals surface area (Å²) in [7, 11) is 1.73. The van der Waals surface area contributed by atoms with Gasteiger partial charge in [0.1, 0.15) is 5.82 Å². The summed E-state index contributed by atoms with van der Waals surface area (Å²) in [5, 5.41) is 16.9. The maximum Gasteiger partial charge on any atom is 0.191 e. The molecule has 0 spiro atoms. The summed E-state index contributed by atoms with van der Waals surface area (Å²) in [5.41, 5.74) is 0.424. The molecule has 1 aliphatic carbocycles. The van der Waals surface area contributed by atoms with Crippen molar-refractivity contribution in [2.75, 3.05) is 31.6 Å². The molecule has 1 aromatic rings. The van der Waals surface area contributed by atoms with Crippen molar-refractivity contribution in [1.82, 2.24) is 10.6 Å². The van der Waals surface area contributed by atoms with Crippen LogP contribution in [0.25, 0.3) is 0 Å². The van der Waals surface area contributed by atoms with E-state index >= 15 is 0 Å². The first-order chi connectivity index (χ1) is 11.1. The van der Waals surface area contributed by atoms with Crippen LogP contribution in [-0.2, 0) is 5.41 Å². The van der Waals surface area contributed by atoms with E-state index in [2.05, 4.69) is 15.6 Å². The van der Waals surface area contributed by atoms with Crippen molar-refractivity contribution in [3.63, 3.8) is 0 Å². The van der Waals surface area contributed by atoms with Gasteiger partial charge in [-0.3, -0.25) is 4.99 Å². The number of hydrogen-bond donors (Lipinski definition) is 3. The SMILES string of the molecule is CN=C(NCC1(O)CCSC1)NCC1(c2cccc(F)c2)CC1.I. The lowest BCUT2D eigenvalue weighted by molar-refractivity contribution is 0.0724. The van der Waals surface area contributed by atoms with E-state index in [0.29, 0.717) is 12.5 Å². The Morgan fingerprint density at radius 3 is 2.62 bits per heavy atom. The van der Waals surface area contributed by atoms with Crippen LogP contribution in [0.1, 0.15) is 24.8 Å². The van der Waals surface area contributed by atoms with Crippen molar-refractivity contribution in [3.8, 4) is 0 Å². The Labute approximate surface area is 164 Å². The number of benzene rings is 1. The summed E-state index contributed by atoms with van der Waals surface area (Å²) in [4.78, 5) is 4.22. The fraction of sp³-hybridized carbons (Fsp3) is 0.588. The maximum atomic E-state index is 13.4. The normalized spacial score (nSPS) is 25.0. The predicted octanol–water partition coefficient (Wildman–Crippen LogP) is 2.51. The number of hydrogen-bond acceptors (Lipinski definition) is 3. The Balaban J connectivity index is 0.00000208. The molecule has 4 nitrogen and oxygen atoms in total. The maximum absolute atomic E-state index is 13.4. The molecule has 1 unspecified atom stereocenters. The smallest absolute Gasteiger partial charge is 0.191 e. The molecule has 24 heavy (non-hydrogen) atoms. The Bertz CT molecular complexity index is 589. The minimum atomic E-state index is -0.637. The summed E-state index contributed by atoms with van der Waals surface area (Å²) in [5.74, 6) is 2.28. The Morgan fingerprint density at radius 1 is 1.29 bits per heavy atom. The first kappa shape index (κ1) is 19.8. The minimum absolute atomic E-state index is 0. The van der Waals surface area contributed by atoms with Gasteiger partial charge < -0.3 is 15.7 Å². The molecule has 3 rings (SSSR count). The quantitative estimate of drug-likeness (QED) is 0.356. The lowest BCUT2D eigenvalue weighted by atomic mass is 9.96. The van der Waals surface area contributed by atoms with Crippen LogP contribution in [-0.4, -0.2) is 48.3 Å². The Morgan fingerprint density at radius 2 is 2.04 bits per heavy atom. The van der Waals surface area contributed by atoms with Crippen LogP contribution in [0.2, 0.25) is 0 Å². The molecule has 1 aliphatic heterocycles. The van der Waals surface area contributed by atoms with Crippen molar-refractivity contribution in [2.45, 2.75) is 30.3 Å². The largest absolute Gasteiger partial charge is 0.387 e. The second kappa shape index (κ2) is 8.23. The zero-order valence-electron chi connectivity index (χ0n) is 13.8. The van der Waals surface area contributed by atoms with Gasteiger partial charge in [0.15, 0.2) is 5.96 Å². The first-order valence-electron chi connectivity index (χ1n) is 8.06. The summed E-state index contributed by atoms with van der Waals surface area (Å²) >= 11 is 1.78. The molecule has 1 saturated heterocycles. The van der Waals surface area contributed by atoms with Crippen LogP contribution >= 0.6 is 35.7 Å². The molecule has 1 saturated carbocycles. The molecule has 0 amide bonds. The van der Waals surface area contributed by atoms with Crippen LogP contribution in [0.15, 0.2) is 29.3 Å². The van der Waals surface area contributed by atoms with Crippen LogP contribution in [0.4, 0.5) is 4.39 Å². The molecule has 2 aliphatic rings. The number of aliphatic imine (C=N–C) groups is 1. The highest BCUT2D eigenvalue weighted by molar-refractivity contribution is 14.0. The number of nitrogens with one attached hydrogen (secondary N) is 2. The van der Waals surface area contributed by atoms with Crippen LogP contribution in [0.5, 0.6) is 0 Å². The van der Waals surface area contributed by atoms with E-state index in [4.69, 9.17) is 0 Å². The van der Waals surface area contributed by atoms with Gasteiger partial charge in [0.25, 0.3) is 0 Å². The second-order valence-electron chi connectivity index (χ2n) is 6.60. The fourth-order valence-electron chi connectivity index (χ4n) is 2.99. The number of halogens is 2. The van der Waals surface area contributed by atoms with E-state index in [9.17, 15) is 9.50 Å². The highest BCUT2D eigenvalue weighted by Gasteiger charge is 2.44. The van der Waals surface area contributed by atoms with Crippen molar-refractivity contribution in [1.29, 1.82) is 0 Å². The topological polar surface area (TPSA) is 56.7 Å². The van der Waals surface area contributed by atoms with Gasteiger partial charge in [-0.25, -0.2) is 4.39 Å². The van der Waals surface area contributed by atoms with Gasteiger partial charge >= 0.3 is 0 Å². The molecule has 7 heteroatoms. The molecule has 0 bridgehead atoms. The highest BCUT2D eigenvalue weighted by Crippen LogP contribution is 2.47. The average Bonchev–Trinajstić information content (AvgIpc) is 3.22. The molecule has 2 fully saturated rings.